The molecule has 0 fully saturated rings. The van der Waals surface area contributed by atoms with E-state index >= 15 is 0 Å². The van der Waals surface area contributed by atoms with Gasteiger partial charge in [-0.25, -0.2) is 0 Å². The Hall–Kier alpha value is -1.78. The molecule has 0 saturated heterocycles. The Kier molecular flexibility index (Phi) is 2.45. The minimum atomic E-state index is -0.208. The third kappa shape index (κ3) is 1.63. The van der Waals surface area contributed by atoms with Crippen molar-refractivity contribution >= 4 is 29.4 Å². The molecule has 2 aliphatic rings. The van der Waals surface area contributed by atoms with E-state index in [1.165, 1.54) is 30.4 Å². The van der Waals surface area contributed by atoms with Crippen molar-refractivity contribution in [3.63, 3.8) is 0 Å². The second kappa shape index (κ2) is 4.36. The van der Waals surface area contributed by atoms with Crippen molar-refractivity contribution in [1.82, 2.24) is 0 Å². The van der Waals surface area contributed by atoms with Gasteiger partial charge in [0.15, 0.2) is 0 Å². The first-order valence-electron chi connectivity index (χ1n) is 7.82. The maximum atomic E-state index is 2.48. The quantitative estimate of drug-likeness (QED) is 0.525. The lowest BCUT2D eigenvalue weighted by Crippen LogP contribution is -1.80. The molecule has 0 N–H and O–H groups in total. The molecule has 3 aromatic rings. The van der Waals surface area contributed by atoms with Gasteiger partial charge < -0.3 is 0 Å². The van der Waals surface area contributed by atoms with E-state index in [4.69, 9.17) is 0 Å². The Labute approximate surface area is 126 Å². The van der Waals surface area contributed by atoms with Gasteiger partial charge in [0.25, 0.3) is 0 Å². The molecule has 1 heteroatoms. The van der Waals surface area contributed by atoms with Crippen LogP contribution in [0.1, 0.15) is 28.4 Å². The largest absolute Gasteiger partial charge is 0.0855 e. The van der Waals surface area contributed by atoms with Gasteiger partial charge >= 0.3 is 0 Å². The number of hydrogen-bond donors (Lipinski definition) is 0. The SMILES string of the molecule is C1=C(p2c3c(c4ccccc42)CCC3)Cc2ccccc21. The minimum Gasteiger partial charge on any atom is -0.0855 e. The fraction of sp³-hybridized carbons (Fsp3) is 0.200. The molecule has 2 aliphatic carbocycles. The van der Waals surface area contributed by atoms with Crippen LogP contribution in [0.2, 0.25) is 0 Å². The molecule has 0 aliphatic heterocycles. The van der Waals surface area contributed by atoms with Gasteiger partial charge in [0.1, 0.15) is 0 Å². The zero-order valence-electron chi connectivity index (χ0n) is 12.0. The van der Waals surface area contributed by atoms with Crippen LogP contribution >= 0.6 is 7.53 Å². The number of rotatable bonds is 1. The monoisotopic (exact) mass is 288 g/mol. The highest BCUT2D eigenvalue weighted by molar-refractivity contribution is 7.67. The van der Waals surface area contributed by atoms with Gasteiger partial charge in [-0.2, -0.15) is 0 Å². The Morgan fingerprint density at radius 3 is 2.67 bits per heavy atom. The molecule has 5 rings (SSSR count). The lowest BCUT2D eigenvalue weighted by atomic mass is 10.1. The van der Waals surface area contributed by atoms with Gasteiger partial charge in [-0.1, -0.05) is 56.1 Å². The first-order valence-corrected chi connectivity index (χ1v) is 9.16. The summed E-state index contributed by atoms with van der Waals surface area (Å²) in [7, 11) is -0.208. The van der Waals surface area contributed by atoms with Gasteiger partial charge in [0.2, 0.25) is 0 Å². The summed E-state index contributed by atoms with van der Waals surface area (Å²) in [4.78, 5) is 0. The maximum absolute atomic E-state index is 2.48. The lowest BCUT2D eigenvalue weighted by Gasteiger charge is -2.06. The summed E-state index contributed by atoms with van der Waals surface area (Å²) in [5, 5.41) is 6.64. The second-order valence-electron chi connectivity index (χ2n) is 6.14. The average molecular weight is 288 g/mol. The van der Waals surface area contributed by atoms with Crippen molar-refractivity contribution in [1.29, 1.82) is 0 Å². The standard InChI is InChI=1S/C20H17P/c1-2-7-15-13-16(12-14(15)6-1)21-19-10-4-3-8-17(19)18-9-5-11-20(18)21/h1-4,6-8,10,12H,5,9,11,13H2. The first kappa shape index (κ1) is 11.8. The zero-order chi connectivity index (χ0) is 13.8. The molecule has 0 saturated carbocycles. The molecule has 1 heterocycles. The molecule has 102 valence electrons. The number of hydrogen-bond acceptors (Lipinski definition) is 0. The summed E-state index contributed by atoms with van der Waals surface area (Å²) in [5.41, 5.74) is 4.65. The Balaban J connectivity index is 1.77. The summed E-state index contributed by atoms with van der Waals surface area (Å²) < 4.78 is 0. The van der Waals surface area contributed by atoms with Crippen molar-refractivity contribution in [3.05, 3.63) is 70.5 Å². The molecule has 0 radical (unpaired) electrons. The van der Waals surface area contributed by atoms with Crippen molar-refractivity contribution in [2.75, 3.05) is 0 Å². The van der Waals surface area contributed by atoms with Crippen LogP contribution in [0.4, 0.5) is 0 Å². The molecule has 1 aromatic heterocycles. The fourth-order valence-electron chi connectivity index (χ4n) is 4.07. The van der Waals surface area contributed by atoms with E-state index < -0.39 is 0 Å². The second-order valence-corrected chi connectivity index (χ2v) is 8.41. The zero-order valence-corrected chi connectivity index (χ0v) is 12.9. The number of allylic oxidation sites excluding steroid dienone is 1. The molecule has 0 amide bonds. The maximum Gasteiger partial charge on any atom is 0.00589 e. The summed E-state index contributed by atoms with van der Waals surface area (Å²) in [6.07, 6.45) is 7.62. The van der Waals surface area contributed by atoms with Crippen LogP contribution < -0.4 is 0 Å². The van der Waals surface area contributed by atoms with E-state index in [2.05, 4.69) is 54.6 Å². The smallest absolute Gasteiger partial charge is 0.00589 e. The van der Waals surface area contributed by atoms with Crippen LogP contribution in [0.25, 0.3) is 21.9 Å². The molecule has 1 atom stereocenters. The van der Waals surface area contributed by atoms with Crippen molar-refractivity contribution in [2.45, 2.75) is 25.7 Å². The van der Waals surface area contributed by atoms with Crippen LogP contribution in [0, 0.1) is 0 Å². The third-order valence-electron chi connectivity index (χ3n) is 4.96. The Morgan fingerprint density at radius 1 is 0.857 bits per heavy atom. The molecule has 21 heavy (non-hydrogen) atoms. The van der Waals surface area contributed by atoms with E-state index in [9.17, 15) is 0 Å². The van der Waals surface area contributed by atoms with E-state index in [0.29, 0.717) is 0 Å². The van der Waals surface area contributed by atoms with E-state index in [1.807, 2.05) is 0 Å². The summed E-state index contributed by atoms with van der Waals surface area (Å²) in [5.74, 6) is 0. The average Bonchev–Trinajstić information content (AvgIpc) is 3.20. The predicted octanol–water partition coefficient (Wildman–Crippen LogP) is 5.87. The topological polar surface area (TPSA) is 0 Å². The fourth-order valence-corrected chi connectivity index (χ4v) is 7.18. The molecule has 2 aromatic carbocycles. The van der Waals surface area contributed by atoms with Gasteiger partial charge in [-0.05, 0) is 58.0 Å². The molecule has 1 unspecified atom stereocenters. The van der Waals surface area contributed by atoms with Gasteiger partial charge in [0.05, 0.1) is 0 Å². The van der Waals surface area contributed by atoms with Crippen LogP contribution in [-0.4, -0.2) is 0 Å². The normalized spacial score (nSPS) is 17.0. The summed E-state index contributed by atoms with van der Waals surface area (Å²) in [6, 6.07) is 18.0. The summed E-state index contributed by atoms with van der Waals surface area (Å²) in [6.45, 7) is 0. The number of benzene rings is 2. The van der Waals surface area contributed by atoms with Crippen LogP contribution in [-0.2, 0) is 19.3 Å². The summed E-state index contributed by atoms with van der Waals surface area (Å²) >= 11 is 0. The van der Waals surface area contributed by atoms with Gasteiger partial charge in [0, 0.05) is 11.5 Å². The molecular weight excluding hydrogens is 271 g/mol. The van der Waals surface area contributed by atoms with Gasteiger partial charge in [-0.3, -0.25) is 0 Å². The molecular formula is C20H17P. The minimum absolute atomic E-state index is 0.208. The molecule has 0 spiro atoms. The highest BCUT2D eigenvalue weighted by atomic mass is 31.1. The predicted molar refractivity (Wildman–Crippen MR) is 93.0 cm³/mol. The van der Waals surface area contributed by atoms with E-state index in [0.717, 1.165) is 6.42 Å². The third-order valence-corrected chi connectivity index (χ3v) is 7.73. The molecule has 0 nitrogen and oxygen atoms in total. The highest BCUT2D eigenvalue weighted by Crippen LogP contribution is 2.58. The molecule has 0 bridgehead atoms. The van der Waals surface area contributed by atoms with Gasteiger partial charge in [-0.15, -0.1) is 0 Å². The van der Waals surface area contributed by atoms with E-state index in [1.54, 1.807) is 26.7 Å². The number of fused-ring (bicyclic) bond motifs is 4. The Bertz CT molecular complexity index is 895. The first-order chi connectivity index (χ1) is 10.4. The van der Waals surface area contributed by atoms with Crippen molar-refractivity contribution in [3.8, 4) is 0 Å². The van der Waals surface area contributed by atoms with Crippen LogP contribution in [0.15, 0.2) is 48.5 Å². The number of aryl methyl sites for hydroxylation is 1. The van der Waals surface area contributed by atoms with Crippen molar-refractivity contribution in [2.24, 2.45) is 0 Å². The lowest BCUT2D eigenvalue weighted by molar-refractivity contribution is 0.917. The van der Waals surface area contributed by atoms with Crippen LogP contribution in [0.3, 0.4) is 0 Å². The van der Waals surface area contributed by atoms with Crippen LogP contribution in [0.5, 0.6) is 0 Å². The Morgan fingerprint density at radius 2 is 1.71 bits per heavy atom. The van der Waals surface area contributed by atoms with E-state index in [-0.39, 0.29) is 7.53 Å². The van der Waals surface area contributed by atoms with Crippen molar-refractivity contribution < 1.29 is 0 Å². The highest BCUT2D eigenvalue weighted by Gasteiger charge is 2.25.